The lowest BCUT2D eigenvalue weighted by Crippen LogP contribution is -2.59. The summed E-state index contributed by atoms with van der Waals surface area (Å²) in [6.07, 6.45) is 0. The second-order valence-corrected chi connectivity index (χ2v) is 32.2. The molecule has 0 aliphatic carbocycles. The van der Waals surface area contributed by atoms with Crippen molar-refractivity contribution in [2.24, 2.45) is 0 Å². The third-order valence-electron chi connectivity index (χ3n) is 21.8. The average Bonchev–Trinajstić information content (AvgIpc) is 1.52. The molecule has 0 amide bonds. The fraction of sp³-hybridized carbons (Fsp3) is 0.179. The van der Waals surface area contributed by atoms with Crippen LogP contribution in [0.4, 0.5) is 11.4 Å². The van der Waals surface area contributed by atoms with Crippen molar-refractivity contribution in [1.29, 1.82) is 0 Å². The Morgan fingerprint density at radius 3 is 1.02 bits per heavy atom. The van der Waals surface area contributed by atoms with Gasteiger partial charge in [0.05, 0.1) is 11.0 Å². The molecule has 0 N–H and O–H groups in total. The molecule has 0 fully saturated rings. The van der Waals surface area contributed by atoms with Crippen molar-refractivity contribution in [3.63, 3.8) is 0 Å². The summed E-state index contributed by atoms with van der Waals surface area (Å²) in [7, 11) is 2.31. The molecule has 2 aliphatic rings. The summed E-state index contributed by atoms with van der Waals surface area (Å²) in [5.41, 5.74) is 35.5. The zero-order valence-electron chi connectivity index (χ0n) is 59.4. The highest BCUT2D eigenvalue weighted by Gasteiger charge is 2.43. The Labute approximate surface area is 584 Å². The van der Waals surface area contributed by atoms with E-state index in [4.69, 9.17) is 0 Å². The fourth-order valence-electron chi connectivity index (χ4n) is 16.2. The highest BCUT2D eigenvalue weighted by molar-refractivity contribution is 7.00. The van der Waals surface area contributed by atoms with Gasteiger partial charge in [0.1, 0.15) is 0 Å². The molecule has 0 atom stereocenters. The third kappa shape index (κ3) is 10.3. The molecule has 2 aliphatic heterocycles. The van der Waals surface area contributed by atoms with Gasteiger partial charge in [-0.15, -0.1) is 0 Å². The van der Waals surface area contributed by atoms with E-state index in [1.807, 2.05) is 0 Å². The van der Waals surface area contributed by atoms with Crippen molar-refractivity contribution < 1.29 is 0 Å². The van der Waals surface area contributed by atoms with Crippen LogP contribution in [0.25, 0.3) is 133 Å². The molecular formula is C95H84BN3. The highest BCUT2D eigenvalue weighted by Crippen LogP contribution is 2.48. The van der Waals surface area contributed by atoms with Gasteiger partial charge in [0.2, 0.25) is 0 Å². The lowest BCUT2D eigenvalue weighted by molar-refractivity contribution is 0.590. The monoisotopic (exact) mass is 1280 g/mol. The zero-order valence-corrected chi connectivity index (χ0v) is 59.4. The largest absolute Gasteiger partial charge is 0.344 e. The molecule has 15 aromatic rings. The van der Waals surface area contributed by atoms with Crippen LogP contribution in [0, 0.1) is 0 Å². The Hall–Kier alpha value is -10.7. The lowest BCUT2D eigenvalue weighted by atomic mass is 9.34. The first-order valence-electron chi connectivity index (χ1n) is 35.5. The Morgan fingerprint density at radius 2 is 0.606 bits per heavy atom. The lowest BCUT2D eigenvalue weighted by Gasteiger charge is -2.36. The van der Waals surface area contributed by atoms with Crippen LogP contribution >= 0.6 is 0 Å². The molecule has 4 heterocycles. The van der Waals surface area contributed by atoms with E-state index >= 15 is 0 Å². The Morgan fingerprint density at radius 1 is 0.273 bits per heavy atom. The van der Waals surface area contributed by atoms with Gasteiger partial charge in [0, 0.05) is 67.9 Å². The molecule has 13 aromatic carbocycles. The van der Waals surface area contributed by atoms with Gasteiger partial charge in [-0.05, 0) is 187 Å². The summed E-state index contributed by atoms with van der Waals surface area (Å²) in [6, 6.07) is 105. The topological polar surface area (TPSA) is 13.1 Å². The van der Waals surface area contributed by atoms with E-state index in [9.17, 15) is 0 Å². The van der Waals surface area contributed by atoms with E-state index < -0.39 is 0 Å². The van der Waals surface area contributed by atoms with Crippen molar-refractivity contribution in [1.82, 2.24) is 9.13 Å². The van der Waals surface area contributed by atoms with Gasteiger partial charge in [-0.2, -0.15) is 0 Å². The van der Waals surface area contributed by atoms with Gasteiger partial charge in [-0.3, -0.25) is 0 Å². The van der Waals surface area contributed by atoms with E-state index in [-0.39, 0.29) is 28.4 Å². The van der Waals surface area contributed by atoms with Crippen molar-refractivity contribution in [3.8, 4) is 89.3 Å². The number of aromatic nitrogens is 2. The Bertz CT molecular complexity index is 5450. The summed E-state index contributed by atoms with van der Waals surface area (Å²) in [6.45, 7) is 27.9. The number of nitrogens with zero attached hydrogens (tertiary/aromatic N) is 3. The van der Waals surface area contributed by atoms with Gasteiger partial charge < -0.3 is 14.0 Å². The van der Waals surface area contributed by atoms with Gasteiger partial charge in [0.25, 0.3) is 6.71 Å². The summed E-state index contributed by atoms with van der Waals surface area (Å²) in [5.74, 6) is 0. The minimum atomic E-state index is -0.173. The quantitative estimate of drug-likeness (QED) is 0.131. The molecule has 0 bridgehead atoms. The van der Waals surface area contributed by atoms with Crippen LogP contribution in [0.15, 0.2) is 273 Å². The Balaban J connectivity index is 0.979. The van der Waals surface area contributed by atoms with Crippen LogP contribution in [-0.4, -0.2) is 22.9 Å². The number of hydrogen-bond acceptors (Lipinski definition) is 1. The molecule has 0 unspecified atom stereocenters. The summed E-state index contributed by atoms with van der Waals surface area (Å²) >= 11 is 0. The maximum atomic E-state index is 2.68. The van der Waals surface area contributed by atoms with Crippen molar-refractivity contribution in [3.05, 3.63) is 295 Å². The van der Waals surface area contributed by atoms with Crippen LogP contribution in [0.5, 0.6) is 0 Å². The summed E-state index contributed by atoms with van der Waals surface area (Å²) < 4.78 is 5.36. The Kier molecular flexibility index (Phi) is 14.2. The molecule has 0 saturated heterocycles. The van der Waals surface area contributed by atoms with Crippen molar-refractivity contribution in [2.75, 3.05) is 11.9 Å². The molecular weight excluding hydrogens is 1190 g/mol. The van der Waals surface area contributed by atoms with E-state index in [2.05, 4.69) is 377 Å². The molecule has 0 spiro atoms. The van der Waals surface area contributed by atoms with Crippen molar-refractivity contribution in [2.45, 2.75) is 105 Å². The van der Waals surface area contributed by atoms with E-state index in [0.717, 1.165) is 5.69 Å². The average molecular weight is 1280 g/mol. The molecule has 0 radical (unpaired) electrons. The SMILES string of the molecule is CN(c1cc2c3c(c1)-n1c4ccc(C(C)(C)C)cc4c4cc(-c5ccccc5-c5ccc(-c6ccccc6)cc5)cc(c41)B3c1cc(-c3ccccc3-c3ccc(-c4ccccc4)cc3)cc3c4cc(C(C)(C)C)ccc4n-2c13)c1cc(C(C)(C)C)ccc1-c1ccc(C(C)(C)C)cc1. The second-order valence-electron chi connectivity index (χ2n) is 32.2. The predicted octanol–water partition coefficient (Wildman–Crippen LogP) is 23.7. The maximum absolute atomic E-state index is 2.68. The van der Waals surface area contributed by atoms with Crippen molar-refractivity contribution >= 4 is 78.1 Å². The number of hydrogen-bond donors (Lipinski definition) is 0. The smallest absolute Gasteiger partial charge is 0.252 e. The third-order valence-corrected chi connectivity index (χ3v) is 21.8. The molecule has 3 nitrogen and oxygen atoms in total. The molecule has 0 saturated carbocycles. The van der Waals surface area contributed by atoms with Gasteiger partial charge in [-0.25, -0.2) is 0 Å². The minimum absolute atomic E-state index is 0.0303. The van der Waals surface area contributed by atoms with Gasteiger partial charge in [-0.1, -0.05) is 301 Å². The fourth-order valence-corrected chi connectivity index (χ4v) is 16.2. The van der Waals surface area contributed by atoms with Crippen LogP contribution in [-0.2, 0) is 21.7 Å². The molecule has 482 valence electrons. The van der Waals surface area contributed by atoms with Crippen LogP contribution in [0.2, 0.25) is 0 Å². The molecule has 2 aromatic heterocycles. The van der Waals surface area contributed by atoms with Crippen LogP contribution < -0.4 is 21.3 Å². The molecule has 17 rings (SSSR count). The highest BCUT2D eigenvalue weighted by atomic mass is 15.1. The number of anilines is 2. The summed E-state index contributed by atoms with van der Waals surface area (Å²) in [4.78, 5) is 2.50. The van der Waals surface area contributed by atoms with E-state index in [0.29, 0.717) is 0 Å². The van der Waals surface area contributed by atoms with E-state index in [1.165, 1.54) is 177 Å². The second kappa shape index (κ2) is 22.7. The zero-order chi connectivity index (χ0) is 68.2. The first-order chi connectivity index (χ1) is 47.5. The van der Waals surface area contributed by atoms with Gasteiger partial charge >= 0.3 is 0 Å². The van der Waals surface area contributed by atoms with Crippen LogP contribution in [0.1, 0.15) is 105 Å². The number of fused-ring (bicyclic) bond motifs is 10. The predicted molar refractivity (Wildman–Crippen MR) is 427 cm³/mol. The first kappa shape index (κ1) is 61.9. The number of rotatable bonds is 9. The first-order valence-corrected chi connectivity index (χ1v) is 35.5. The number of benzene rings is 13. The standard InChI is InChI=1S/C95H84BN3/c1-92(2,3)68-42-40-65(41-43-68)77-47-44-71(95(10,11)12)56-86(77)97(13)72-57-87-89-88(58-72)99-85-49-46-70(94(7,8)9)55-79(85)81-51-67(76-31-23-21-29-74(76)64-38-34-62(35-39-64)60-26-18-15-19-27-60)53-83(91(81)99)96(89)82-52-66(50-80-78-54-69(93(4,5)6)45-48-84(78)98(87)90(80)82)75-30-22-20-28-73(75)63-36-32-61(33-37-63)59-24-16-14-17-25-59/h14-58H,1-13H3. The normalized spacial score (nSPS) is 12.9. The van der Waals surface area contributed by atoms with Gasteiger partial charge in [0.15, 0.2) is 0 Å². The maximum Gasteiger partial charge on any atom is 0.252 e. The minimum Gasteiger partial charge on any atom is -0.344 e. The molecule has 99 heavy (non-hydrogen) atoms. The summed E-state index contributed by atoms with van der Waals surface area (Å²) in [5, 5.41) is 5.06. The molecule has 4 heteroatoms. The van der Waals surface area contributed by atoms with E-state index in [1.54, 1.807) is 0 Å². The van der Waals surface area contributed by atoms with Crippen LogP contribution in [0.3, 0.4) is 0 Å².